The van der Waals surface area contributed by atoms with E-state index in [9.17, 15) is 0 Å². The highest BCUT2D eigenvalue weighted by molar-refractivity contribution is 7.09. The highest BCUT2D eigenvalue weighted by Gasteiger charge is 2.19. The molecule has 294 valence electrons. The summed E-state index contributed by atoms with van der Waals surface area (Å²) >= 11 is 1.45. The van der Waals surface area contributed by atoms with Gasteiger partial charge in [0.2, 0.25) is 0 Å². The topological polar surface area (TPSA) is 35.6 Å². The summed E-state index contributed by atoms with van der Waals surface area (Å²) in [5.41, 5.74) is 13.7. The second-order valence-electron chi connectivity index (χ2n) is 16.2. The predicted molar refractivity (Wildman–Crippen MR) is 265 cm³/mol. The first kappa shape index (κ1) is 35.6. The molecule has 0 N–H and O–H groups in total. The molecule has 0 aliphatic heterocycles. The molecule has 3 heterocycles. The number of aromatic nitrogens is 4. The van der Waals surface area contributed by atoms with Crippen molar-refractivity contribution < 1.29 is 0 Å². The number of hydrogen-bond acceptors (Lipinski definition) is 3. The van der Waals surface area contributed by atoms with Crippen LogP contribution in [0.15, 0.2) is 218 Å². The lowest BCUT2D eigenvalue weighted by atomic mass is 9.98. The molecular formula is C58H36N4S. The highest BCUT2D eigenvalue weighted by atomic mass is 32.1. The Morgan fingerprint density at radius 2 is 0.810 bits per heavy atom. The van der Waals surface area contributed by atoms with E-state index in [0.717, 1.165) is 44.4 Å². The molecule has 3 aromatic heterocycles. The zero-order valence-corrected chi connectivity index (χ0v) is 34.8. The van der Waals surface area contributed by atoms with Crippen LogP contribution in [0.4, 0.5) is 0 Å². The van der Waals surface area contributed by atoms with Crippen molar-refractivity contribution in [3.8, 4) is 55.6 Å². The van der Waals surface area contributed by atoms with Crippen LogP contribution in [0.1, 0.15) is 0 Å². The second kappa shape index (κ2) is 14.2. The minimum atomic E-state index is 0.728. The third kappa shape index (κ3) is 5.74. The third-order valence-electron chi connectivity index (χ3n) is 12.7. The Morgan fingerprint density at radius 3 is 1.46 bits per heavy atom. The summed E-state index contributed by atoms with van der Waals surface area (Å²) in [4.78, 5) is 5.21. The molecule has 0 aliphatic rings. The first-order valence-electron chi connectivity index (χ1n) is 21.3. The van der Waals surface area contributed by atoms with E-state index >= 15 is 0 Å². The molecule has 0 saturated carbocycles. The van der Waals surface area contributed by atoms with E-state index < -0.39 is 0 Å². The standard InChI is InChI=1S/C58H36N4S/c1-3-21-45-37(13-1)15-11-25-47(45)39-17-9-19-43(33-39)61-54-28-8-6-24-50(54)52-35-42(30-32-55(52)61)58-59-57(60-63-58)41-29-31-51-49-23-5-7-27-53(49)62(56(51)36-41)44-20-10-18-40(34-44)48-26-12-16-38-14-2-4-22-46(38)48/h1-36H. The maximum atomic E-state index is 5.21. The molecule has 0 amide bonds. The van der Waals surface area contributed by atoms with Gasteiger partial charge in [0.25, 0.3) is 0 Å². The van der Waals surface area contributed by atoms with Gasteiger partial charge in [0.1, 0.15) is 5.01 Å². The molecule has 0 unspecified atom stereocenters. The number of benzene rings is 10. The average Bonchev–Trinajstić information content (AvgIpc) is 4.07. The van der Waals surface area contributed by atoms with E-state index in [1.165, 1.54) is 87.9 Å². The molecular weight excluding hydrogens is 785 g/mol. The molecule has 63 heavy (non-hydrogen) atoms. The van der Waals surface area contributed by atoms with Crippen LogP contribution in [0.2, 0.25) is 0 Å². The van der Waals surface area contributed by atoms with Crippen molar-refractivity contribution in [3.63, 3.8) is 0 Å². The molecule has 0 aliphatic carbocycles. The zero-order chi connectivity index (χ0) is 41.4. The molecule has 0 fully saturated rings. The summed E-state index contributed by atoms with van der Waals surface area (Å²) in [7, 11) is 0. The number of para-hydroxylation sites is 2. The van der Waals surface area contributed by atoms with Gasteiger partial charge in [-0.2, -0.15) is 4.37 Å². The normalized spacial score (nSPS) is 11.8. The maximum absolute atomic E-state index is 5.21. The van der Waals surface area contributed by atoms with E-state index in [1.54, 1.807) is 0 Å². The fourth-order valence-corrected chi connectivity index (χ4v) is 10.5. The number of nitrogens with zero attached hydrogens (tertiary/aromatic N) is 4. The summed E-state index contributed by atoms with van der Waals surface area (Å²) in [6.45, 7) is 0. The molecule has 10 aromatic carbocycles. The SMILES string of the molecule is c1cc(-c2cccc3ccccc23)cc(-n2c3ccccc3c3cc(-c4nc(-c5ccc6c7ccccc7n(-c7cccc(-c8cccc9ccccc89)c7)c6c5)ns4)ccc32)c1. The third-order valence-corrected chi connectivity index (χ3v) is 13.5. The Balaban J connectivity index is 0.896. The Bertz CT molecular complexity index is 3930. The van der Waals surface area contributed by atoms with Gasteiger partial charge < -0.3 is 9.13 Å². The van der Waals surface area contributed by atoms with E-state index in [1.807, 2.05) is 0 Å². The van der Waals surface area contributed by atoms with Crippen molar-refractivity contribution in [1.29, 1.82) is 0 Å². The van der Waals surface area contributed by atoms with Crippen LogP contribution in [0.25, 0.3) is 121 Å². The fourth-order valence-electron chi connectivity index (χ4n) is 9.81. The Morgan fingerprint density at radius 1 is 0.317 bits per heavy atom. The molecule has 13 rings (SSSR count). The van der Waals surface area contributed by atoms with Crippen LogP contribution < -0.4 is 0 Å². The summed E-state index contributed by atoms with van der Waals surface area (Å²) in [5, 5.41) is 10.7. The summed E-state index contributed by atoms with van der Waals surface area (Å²) in [6.07, 6.45) is 0. The van der Waals surface area contributed by atoms with Gasteiger partial charge in [0.15, 0.2) is 5.82 Å². The maximum Gasteiger partial charge on any atom is 0.173 e. The van der Waals surface area contributed by atoms with Crippen molar-refractivity contribution in [3.05, 3.63) is 218 Å². The van der Waals surface area contributed by atoms with Crippen LogP contribution in [0, 0.1) is 0 Å². The lowest BCUT2D eigenvalue weighted by Crippen LogP contribution is -1.95. The van der Waals surface area contributed by atoms with Gasteiger partial charge in [0, 0.05) is 44.0 Å². The van der Waals surface area contributed by atoms with E-state index in [0.29, 0.717) is 0 Å². The van der Waals surface area contributed by atoms with Gasteiger partial charge in [-0.25, -0.2) is 4.98 Å². The number of hydrogen-bond donors (Lipinski definition) is 0. The lowest BCUT2D eigenvalue weighted by Gasteiger charge is -2.12. The zero-order valence-electron chi connectivity index (χ0n) is 34.0. The minimum absolute atomic E-state index is 0.728. The second-order valence-corrected chi connectivity index (χ2v) is 17.0. The molecule has 0 radical (unpaired) electrons. The first-order chi connectivity index (χ1) is 31.2. The fraction of sp³-hybridized carbons (Fsp3) is 0. The van der Waals surface area contributed by atoms with Gasteiger partial charge in [-0.3, -0.25) is 0 Å². The summed E-state index contributed by atoms with van der Waals surface area (Å²) < 4.78 is 9.76. The van der Waals surface area contributed by atoms with Gasteiger partial charge >= 0.3 is 0 Å². The first-order valence-corrected chi connectivity index (χ1v) is 22.1. The van der Waals surface area contributed by atoms with Crippen molar-refractivity contribution in [2.75, 3.05) is 0 Å². The molecule has 4 nitrogen and oxygen atoms in total. The van der Waals surface area contributed by atoms with Crippen LogP contribution in [0.3, 0.4) is 0 Å². The van der Waals surface area contributed by atoms with Crippen LogP contribution in [-0.4, -0.2) is 18.5 Å². The summed E-state index contributed by atoms with van der Waals surface area (Å²) in [5.74, 6) is 0.728. The average molecular weight is 821 g/mol. The van der Waals surface area contributed by atoms with Crippen molar-refractivity contribution in [1.82, 2.24) is 18.5 Å². The Kier molecular flexibility index (Phi) is 8.05. The molecule has 0 atom stereocenters. The Hall–Kier alpha value is -8.12. The van der Waals surface area contributed by atoms with E-state index in [-0.39, 0.29) is 0 Å². The van der Waals surface area contributed by atoms with Gasteiger partial charge in [-0.05, 0) is 116 Å². The van der Waals surface area contributed by atoms with E-state index in [4.69, 9.17) is 9.36 Å². The van der Waals surface area contributed by atoms with Crippen molar-refractivity contribution in [2.24, 2.45) is 0 Å². The van der Waals surface area contributed by atoms with Crippen molar-refractivity contribution >= 4 is 76.7 Å². The number of fused-ring (bicyclic) bond motifs is 8. The van der Waals surface area contributed by atoms with Gasteiger partial charge in [0.05, 0.1) is 22.1 Å². The molecule has 0 saturated heterocycles. The van der Waals surface area contributed by atoms with Crippen LogP contribution in [0.5, 0.6) is 0 Å². The van der Waals surface area contributed by atoms with Gasteiger partial charge in [-0.1, -0.05) is 158 Å². The smallest absolute Gasteiger partial charge is 0.173 e. The lowest BCUT2D eigenvalue weighted by molar-refractivity contribution is 1.18. The number of rotatable bonds is 6. The minimum Gasteiger partial charge on any atom is -0.309 e. The van der Waals surface area contributed by atoms with Crippen molar-refractivity contribution in [2.45, 2.75) is 0 Å². The summed E-state index contributed by atoms with van der Waals surface area (Å²) in [6, 6.07) is 78.9. The predicted octanol–water partition coefficient (Wildman–Crippen LogP) is 15.7. The molecule has 0 spiro atoms. The molecule has 0 bridgehead atoms. The van der Waals surface area contributed by atoms with E-state index in [2.05, 4.69) is 228 Å². The van der Waals surface area contributed by atoms with Gasteiger partial charge in [-0.15, -0.1) is 0 Å². The Labute approximate surface area is 367 Å². The van der Waals surface area contributed by atoms with Crippen LogP contribution in [-0.2, 0) is 0 Å². The molecule has 5 heteroatoms. The largest absolute Gasteiger partial charge is 0.309 e. The molecule has 13 aromatic rings. The quantitative estimate of drug-likeness (QED) is 0.167. The monoisotopic (exact) mass is 820 g/mol. The van der Waals surface area contributed by atoms with Crippen LogP contribution >= 0.6 is 11.5 Å². The highest BCUT2D eigenvalue weighted by Crippen LogP contribution is 2.40.